The van der Waals surface area contributed by atoms with E-state index < -0.39 is 17.5 Å². The quantitative estimate of drug-likeness (QED) is 0.484. The summed E-state index contributed by atoms with van der Waals surface area (Å²) < 4.78 is 5.24. The van der Waals surface area contributed by atoms with E-state index in [1.807, 2.05) is 24.3 Å². The van der Waals surface area contributed by atoms with Crippen molar-refractivity contribution in [1.29, 1.82) is 0 Å². The van der Waals surface area contributed by atoms with Crippen LogP contribution in [0.15, 0.2) is 48.5 Å². The van der Waals surface area contributed by atoms with Crippen molar-refractivity contribution in [1.82, 2.24) is 20.4 Å². The van der Waals surface area contributed by atoms with Crippen LogP contribution in [0, 0.1) is 5.92 Å². The van der Waals surface area contributed by atoms with Crippen LogP contribution in [0.1, 0.15) is 29.0 Å². The standard InChI is InChI=1S/C25H29N5O5S/c1-14(31)15-5-9-17(10-6-15)26-19(32)13-36-23-20-22(29(2)25(34)30(3)24(20)33)27-21(28-23)16-7-11-18(35-4)12-8-16/h5-12,20-23,27-28H,13H2,1-4H3,(H,26,32). The van der Waals surface area contributed by atoms with E-state index in [4.69, 9.17) is 4.74 Å². The Labute approximate surface area is 213 Å². The number of urea groups is 1. The normalized spacial score (nSPS) is 23.8. The van der Waals surface area contributed by atoms with Gasteiger partial charge in [-0.25, -0.2) is 4.79 Å². The molecule has 2 aliphatic rings. The molecule has 11 heteroatoms. The molecule has 2 aliphatic heterocycles. The predicted molar refractivity (Wildman–Crippen MR) is 137 cm³/mol. The van der Waals surface area contributed by atoms with E-state index in [0.29, 0.717) is 17.0 Å². The van der Waals surface area contributed by atoms with E-state index in [1.165, 1.54) is 30.6 Å². The first-order valence-electron chi connectivity index (χ1n) is 11.4. The number of rotatable bonds is 7. The van der Waals surface area contributed by atoms with Gasteiger partial charge in [0.05, 0.1) is 36.5 Å². The second-order valence-corrected chi connectivity index (χ2v) is 9.84. The molecule has 0 bridgehead atoms. The lowest BCUT2D eigenvalue weighted by Crippen LogP contribution is -2.72. The number of fused-ring (bicyclic) bond motifs is 1. The molecule has 3 N–H and O–H groups in total. The molecule has 0 radical (unpaired) electrons. The number of Topliss-reactive ketones (excluding diaryl/α,β-unsaturated/α-hetero) is 1. The number of benzene rings is 2. The Kier molecular flexibility index (Phi) is 7.62. The van der Waals surface area contributed by atoms with Gasteiger partial charge in [-0.2, -0.15) is 0 Å². The topological polar surface area (TPSA) is 120 Å². The molecule has 36 heavy (non-hydrogen) atoms. The molecule has 2 saturated heterocycles. The first-order valence-corrected chi connectivity index (χ1v) is 12.5. The van der Waals surface area contributed by atoms with E-state index in [-0.39, 0.29) is 35.5 Å². The molecule has 4 rings (SSSR count). The number of methoxy groups -OCH3 is 1. The zero-order chi connectivity index (χ0) is 26.0. The SMILES string of the molecule is COc1ccc(C2NC(SCC(=O)Nc3ccc(C(C)=O)cc3)C3C(=O)N(C)C(=O)N(C)C3N2)cc1. The second kappa shape index (κ2) is 10.7. The summed E-state index contributed by atoms with van der Waals surface area (Å²) in [6.07, 6.45) is -0.905. The highest BCUT2D eigenvalue weighted by Crippen LogP contribution is 2.34. The number of anilines is 1. The minimum Gasteiger partial charge on any atom is -0.497 e. The van der Waals surface area contributed by atoms with Gasteiger partial charge in [-0.3, -0.25) is 29.9 Å². The molecule has 190 valence electrons. The third-order valence-corrected chi connectivity index (χ3v) is 7.59. The monoisotopic (exact) mass is 511 g/mol. The molecule has 0 aliphatic carbocycles. The van der Waals surface area contributed by atoms with Crippen LogP contribution in [0.25, 0.3) is 0 Å². The van der Waals surface area contributed by atoms with Crippen LogP contribution in [0.2, 0.25) is 0 Å². The number of hydrogen-bond acceptors (Lipinski definition) is 8. The van der Waals surface area contributed by atoms with E-state index in [1.54, 1.807) is 38.4 Å². The highest BCUT2D eigenvalue weighted by atomic mass is 32.2. The van der Waals surface area contributed by atoms with Gasteiger partial charge in [-0.15, -0.1) is 11.8 Å². The van der Waals surface area contributed by atoms with Crippen molar-refractivity contribution in [2.24, 2.45) is 5.92 Å². The summed E-state index contributed by atoms with van der Waals surface area (Å²) in [5.74, 6) is -0.400. The first-order chi connectivity index (χ1) is 17.2. The Morgan fingerprint density at radius 2 is 1.69 bits per heavy atom. The van der Waals surface area contributed by atoms with Crippen molar-refractivity contribution >= 4 is 41.1 Å². The van der Waals surface area contributed by atoms with E-state index in [9.17, 15) is 19.2 Å². The molecule has 4 unspecified atom stereocenters. The Hall–Kier alpha value is -3.41. The first kappa shape index (κ1) is 25.7. The van der Waals surface area contributed by atoms with Gasteiger partial charge in [0.25, 0.3) is 0 Å². The minimum atomic E-state index is -0.597. The van der Waals surface area contributed by atoms with Crippen molar-refractivity contribution in [3.8, 4) is 5.75 Å². The fourth-order valence-electron chi connectivity index (χ4n) is 4.34. The lowest BCUT2D eigenvalue weighted by Gasteiger charge is -2.50. The number of thioether (sulfide) groups is 1. The highest BCUT2D eigenvalue weighted by Gasteiger charge is 2.51. The van der Waals surface area contributed by atoms with Crippen LogP contribution in [-0.2, 0) is 9.59 Å². The smallest absolute Gasteiger partial charge is 0.327 e. The molecule has 4 amide bonds. The Balaban J connectivity index is 1.50. The molecular formula is C25H29N5O5S. The van der Waals surface area contributed by atoms with Crippen molar-refractivity contribution in [3.63, 3.8) is 0 Å². The molecule has 2 aromatic rings. The summed E-state index contributed by atoms with van der Waals surface area (Å²) in [6, 6.07) is 13.8. The van der Waals surface area contributed by atoms with Crippen LogP contribution in [0.4, 0.5) is 10.5 Å². The number of amides is 4. The van der Waals surface area contributed by atoms with Gasteiger partial charge in [0.15, 0.2) is 5.78 Å². The maximum absolute atomic E-state index is 13.1. The summed E-state index contributed by atoms with van der Waals surface area (Å²) >= 11 is 1.31. The number of ether oxygens (including phenoxy) is 1. The maximum Gasteiger partial charge on any atom is 0.327 e. The number of carbonyl (C=O) groups is 4. The van der Waals surface area contributed by atoms with Crippen LogP contribution in [0.3, 0.4) is 0 Å². The highest BCUT2D eigenvalue weighted by molar-refractivity contribution is 8.00. The molecule has 0 saturated carbocycles. The molecular weight excluding hydrogens is 482 g/mol. The summed E-state index contributed by atoms with van der Waals surface area (Å²) in [4.78, 5) is 52.5. The maximum atomic E-state index is 13.1. The average molecular weight is 512 g/mol. The largest absolute Gasteiger partial charge is 0.497 e. The third-order valence-electron chi connectivity index (χ3n) is 6.37. The summed E-state index contributed by atoms with van der Waals surface area (Å²) in [7, 11) is 4.72. The van der Waals surface area contributed by atoms with Crippen LogP contribution < -0.4 is 20.7 Å². The van der Waals surface area contributed by atoms with Gasteiger partial charge >= 0.3 is 6.03 Å². The number of nitrogens with zero attached hydrogens (tertiary/aromatic N) is 2. The Morgan fingerprint density at radius 3 is 2.31 bits per heavy atom. The van der Waals surface area contributed by atoms with Gasteiger partial charge in [-0.05, 0) is 48.9 Å². The number of hydrogen-bond donors (Lipinski definition) is 3. The van der Waals surface area contributed by atoms with E-state index >= 15 is 0 Å². The van der Waals surface area contributed by atoms with Gasteiger partial charge < -0.3 is 15.0 Å². The average Bonchev–Trinajstić information content (AvgIpc) is 2.89. The van der Waals surface area contributed by atoms with Crippen LogP contribution >= 0.6 is 11.8 Å². The summed E-state index contributed by atoms with van der Waals surface area (Å²) in [5, 5.41) is 9.19. The molecule has 2 aromatic carbocycles. The zero-order valence-corrected chi connectivity index (χ0v) is 21.3. The van der Waals surface area contributed by atoms with Gasteiger partial charge in [-0.1, -0.05) is 12.1 Å². The van der Waals surface area contributed by atoms with Crippen LogP contribution in [-0.4, -0.2) is 71.9 Å². The molecule has 0 aromatic heterocycles. The van der Waals surface area contributed by atoms with Crippen molar-refractivity contribution < 1.29 is 23.9 Å². The van der Waals surface area contributed by atoms with E-state index in [2.05, 4.69) is 16.0 Å². The second-order valence-electron chi connectivity index (χ2n) is 8.71. The van der Waals surface area contributed by atoms with Crippen molar-refractivity contribution in [2.75, 3.05) is 32.3 Å². The van der Waals surface area contributed by atoms with Crippen molar-refractivity contribution in [3.05, 3.63) is 59.7 Å². The molecule has 10 nitrogen and oxygen atoms in total. The minimum absolute atomic E-state index is 0.0491. The van der Waals surface area contributed by atoms with E-state index in [0.717, 1.165) is 10.5 Å². The Morgan fingerprint density at radius 1 is 1.03 bits per heavy atom. The molecule has 4 atom stereocenters. The number of imide groups is 1. The molecule has 2 heterocycles. The Bertz CT molecular complexity index is 1160. The lowest BCUT2D eigenvalue weighted by molar-refractivity contribution is -0.140. The van der Waals surface area contributed by atoms with Gasteiger partial charge in [0.2, 0.25) is 11.8 Å². The predicted octanol–water partition coefficient (Wildman–Crippen LogP) is 2.25. The van der Waals surface area contributed by atoms with Gasteiger partial charge in [0.1, 0.15) is 5.75 Å². The van der Waals surface area contributed by atoms with Crippen LogP contribution in [0.5, 0.6) is 5.75 Å². The molecule has 2 fully saturated rings. The summed E-state index contributed by atoms with van der Waals surface area (Å²) in [5.41, 5.74) is 2.05. The number of carbonyl (C=O) groups excluding carboxylic acids is 4. The number of nitrogens with one attached hydrogen (secondary N) is 3. The fraction of sp³-hybridized carbons (Fsp3) is 0.360. The zero-order valence-electron chi connectivity index (χ0n) is 20.5. The van der Waals surface area contributed by atoms with Gasteiger partial charge in [0, 0.05) is 25.3 Å². The molecule has 0 spiro atoms. The lowest BCUT2D eigenvalue weighted by atomic mass is 9.96. The number of ketones is 1. The van der Waals surface area contributed by atoms with Crippen molar-refractivity contribution in [2.45, 2.75) is 24.6 Å². The fourth-order valence-corrected chi connectivity index (χ4v) is 5.45. The summed E-state index contributed by atoms with van der Waals surface area (Å²) in [6.45, 7) is 1.48. The third kappa shape index (κ3) is 5.23.